The molecular weight excluding hydrogens is 248 g/mol. The number of benzene rings is 1. The fourth-order valence-electron chi connectivity index (χ4n) is 2.30. The summed E-state index contributed by atoms with van der Waals surface area (Å²) in [6.07, 6.45) is 8.92. The topological polar surface area (TPSA) is 27.1 Å². The summed E-state index contributed by atoms with van der Waals surface area (Å²) in [5, 5.41) is 5.04. The highest BCUT2D eigenvalue weighted by molar-refractivity contribution is 6.30. The first-order valence-electron chi connectivity index (χ1n) is 6.28. The molecule has 1 heterocycles. The van der Waals surface area contributed by atoms with Gasteiger partial charge in [0, 0.05) is 5.02 Å². The van der Waals surface area contributed by atoms with E-state index in [0.29, 0.717) is 6.10 Å². The SMILES string of the molecule is Clc1ccc(-n2cc(OC3CCCC3)cn2)cc1. The molecule has 1 saturated carbocycles. The van der Waals surface area contributed by atoms with Crippen molar-refractivity contribution in [2.24, 2.45) is 0 Å². The molecule has 2 aromatic rings. The third-order valence-corrected chi connectivity index (χ3v) is 3.51. The van der Waals surface area contributed by atoms with Crippen molar-refractivity contribution in [3.63, 3.8) is 0 Å². The van der Waals surface area contributed by atoms with Gasteiger partial charge < -0.3 is 4.74 Å². The van der Waals surface area contributed by atoms with Crippen LogP contribution >= 0.6 is 11.6 Å². The zero-order valence-electron chi connectivity index (χ0n) is 10.1. The fourth-order valence-corrected chi connectivity index (χ4v) is 2.43. The average molecular weight is 263 g/mol. The smallest absolute Gasteiger partial charge is 0.158 e. The largest absolute Gasteiger partial charge is 0.487 e. The molecule has 0 aliphatic heterocycles. The van der Waals surface area contributed by atoms with Gasteiger partial charge in [0.15, 0.2) is 5.75 Å². The van der Waals surface area contributed by atoms with E-state index in [9.17, 15) is 0 Å². The first-order valence-corrected chi connectivity index (χ1v) is 6.66. The van der Waals surface area contributed by atoms with Crippen LogP contribution in [-0.2, 0) is 0 Å². The molecular formula is C14H15ClN2O. The van der Waals surface area contributed by atoms with Gasteiger partial charge in [-0.15, -0.1) is 0 Å². The maximum atomic E-state index is 5.89. The van der Waals surface area contributed by atoms with Crippen LogP contribution in [0.4, 0.5) is 0 Å². The lowest BCUT2D eigenvalue weighted by molar-refractivity contribution is 0.210. The van der Waals surface area contributed by atoms with Gasteiger partial charge in [0.2, 0.25) is 0 Å². The lowest BCUT2D eigenvalue weighted by atomic mass is 10.3. The average Bonchev–Trinajstić information content (AvgIpc) is 3.02. The molecule has 0 radical (unpaired) electrons. The highest BCUT2D eigenvalue weighted by atomic mass is 35.5. The van der Waals surface area contributed by atoms with Gasteiger partial charge >= 0.3 is 0 Å². The highest BCUT2D eigenvalue weighted by Crippen LogP contribution is 2.24. The van der Waals surface area contributed by atoms with Crippen LogP contribution in [0, 0.1) is 0 Å². The summed E-state index contributed by atoms with van der Waals surface area (Å²) in [6.45, 7) is 0. The third-order valence-electron chi connectivity index (χ3n) is 3.26. The quantitative estimate of drug-likeness (QED) is 0.840. The summed E-state index contributed by atoms with van der Waals surface area (Å²) in [5.74, 6) is 0.844. The van der Waals surface area contributed by atoms with E-state index in [-0.39, 0.29) is 0 Å². The molecule has 1 aliphatic rings. The molecule has 1 fully saturated rings. The molecule has 1 aromatic heterocycles. The standard InChI is InChI=1S/C14H15ClN2O/c15-11-5-7-12(8-6-11)17-10-14(9-16-17)18-13-3-1-2-4-13/h5-10,13H,1-4H2. The second-order valence-electron chi connectivity index (χ2n) is 4.62. The molecule has 18 heavy (non-hydrogen) atoms. The van der Waals surface area contributed by atoms with E-state index in [1.807, 2.05) is 30.5 Å². The summed E-state index contributed by atoms with van der Waals surface area (Å²) in [6, 6.07) is 7.59. The molecule has 1 aliphatic carbocycles. The summed E-state index contributed by atoms with van der Waals surface area (Å²) < 4.78 is 7.70. The van der Waals surface area contributed by atoms with Crippen LogP contribution < -0.4 is 4.74 Å². The molecule has 0 bridgehead atoms. The Bertz CT molecular complexity index is 515. The van der Waals surface area contributed by atoms with Crippen molar-refractivity contribution in [1.82, 2.24) is 9.78 Å². The summed E-state index contributed by atoms with van der Waals surface area (Å²) in [5.41, 5.74) is 0.987. The van der Waals surface area contributed by atoms with Crippen LogP contribution in [0.25, 0.3) is 5.69 Å². The number of ether oxygens (including phenoxy) is 1. The Morgan fingerprint density at radius 2 is 1.89 bits per heavy atom. The molecule has 1 aromatic carbocycles. The second kappa shape index (κ2) is 5.02. The molecule has 4 heteroatoms. The van der Waals surface area contributed by atoms with E-state index in [0.717, 1.165) is 29.3 Å². The Hall–Kier alpha value is -1.48. The minimum absolute atomic E-state index is 0.368. The van der Waals surface area contributed by atoms with Crippen molar-refractivity contribution < 1.29 is 4.74 Å². The summed E-state index contributed by atoms with van der Waals surface area (Å²) in [7, 11) is 0. The Morgan fingerprint density at radius 3 is 2.61 bits per heavy atom. The van der Waals surface area contributed by atoms with Gasteiger partial charge in [0.25, 0.3) is 0 Å². The Morgan fingerprint density at radius 1 is 1.17 bits per heavy atom. The number of rotatable bonds is 3. The van der Waals surface area contributed by atoms with Crippen LogP contribution in [0.3, 0.4) is 0 Å². The van der Waals surface area contributed by atoms with Crippen LogP contribution in [0.15, 0.2) is 36.7 Å². The molecule has 0 unspecified atom stereocenters. The minimum atomic E-state index is 0.368. The predicted molar refractivity (Wildman–Crippen MR) is 71.5 cm³/mol. The molecule has 0 N–H and O–H groups in total. The van der Waals surface area contributed by atoms with Crippen LogP contribution in [-0.4, -0.2) is 15.9 Å². The zero-order chi connectivity index (χ0) is 12.4. The zero-order valence-corrected chi connectivity index (χ0v) is 10.8. The number of hydrogen-bond acceptors (Lipinski definition) is 2. The van der Waals surface area contributed by atoms with E-state index in [4.69, 9.17) is 16.3 Å². The van der Waals surface area contributed by atoms with Crippen LogP contribution in [0.5, 0.6) is 5.75 Å². The predicted octanol–water partition coefficient (Wildman–Crippen LogP) is 3.85. The molecule has 3 nitrogen and oxygen atoms in total. The van der Waals surface area contributed by atoms with Crippen molar-refractivity contribution in [2.75, 3.05) is 0 Å². The maximum absolute atomic E-state index is 5.89. The molecule has 0 saturated heterocycles. The molecule has 94 valence electrons. The van der Waals surface area contributed by atoms with E-state index in [2.05, 4.69) is 5.10 Å². The van der Waals surface area contributed by atoms with Crippen molar-refractivity contribution >= 4 is 11.6 Å². The van der Waals surface area contributed by atoms with Gasteiger partial charge in [-0.3, -0.25) is 0 Å². The number of aromatic nitrogens is 2. The maximum Gasteiger partial charge on any atom is 0.158 e. The summed E-state index contributed by atoms with van der Waals surface area (Å²) >= 11 is 5.86. The van der Waals surface area contributed by atoms with Gasteiger partial charge in [-0.05, 0) is 49.9 Å². The van der Waals surface area contributed by atoms with E-state index < -0.39 is 0 Å². The lowest BCUT2D eigenvalue weighted by Crippen LogP contribution is -2.10. The van der Waals surface area contributed by atoms with Crippen molar-refractivity contribution in [2.45, 2.75) is 31.8 Å². The van der Waals surface area contributed by atoms with Gasteiger partial charge in [-0.25, -0.2) is 4.68 Å². The Balaban J connectivity index is 1.74. The lowest BCUT2D eigenvalue weighted by Gasteiger charge is -2.09. The van der Waals surface area contributed by atoms with Gasteiger partial charge in [-0.2, -0.15) is 5.10 Å². The van der Waals surface area contributed by atoms with Gasteiger partial charge in [0.1, 0.15) is 0 Å². The number of nitrogens with zero attached hydrogens (tertiary/aromatic N) is 2. The number of halogens is 1. The van der Waals surface area contributed by atoms with E-state index in [1.54, 1.807) is 10.9 Å². The first-order chi connectivity index (χ1) is 8.81. The Labute approximate surface area is 111 Å². The van der Waals surface area contributed by atoms with Crippen molar-refractivity contribution in [3.8, 4) is 11.4 Å². The molecule has 3 rings (SSSR count). The molecule has 0 amide bonds. The minimum Gasteiger partial charge on any atom is -0.487 e. The molecule has 0 spiro atoms. The van der Waals surface area contributed by atoms with Gasteiger partial charge in [0.05, 0.1) is 24.2 Å². The normalized spacial score (nSPS) is 16.1. The number of hydrogen-bond donors (Lipinski definition) is 0. The fraction of sp³-hybridized carbons (Fsp3) is 0.357. The third kappa shape index (κ3) is 2.51. The second-order valence-corrected chi connectivity index (χ2v) is 5.06. The van der Waals surface area contributed by atoms with Gasteiger partial charge in [-0.1, -0.05) is 11.6 Å². The van der Waals surface area contributed by atoms with Crippen molar-refractivity contribution in [1.29, 1.82) is 0 Å². The van der Waals surface area contributed by atoms with Crippen molar-refractivity contribution in [3.05, 3.63) is 41.7 Å². The van der Waals surface area contributed by atoms with E-state index >= 15 is 0 Å². The molecule has 0 atom stereocenters. The van der Waals surface area contributed by atoms with Crippen LogP contribution in [0.1, 0.15) is 25.7 Å². The monoisotopic (exact) mass is 262 g/mol. The Kier molecular flexibility index (Phi) is 3.24. The first kappa shape index (κ1) is 11.6. The van der Waals surface area contributed by atoms with E-state index in [1.165, 1.54) is 12.8 Å². The highest BCUT2D eigenvalue weighted by Gasteiger charge is 2.17. The van der Waals surface area contributed by atoms with Crippen LogP contribution in [0.2, 0.25) is 5.02 Å². The summed E-state index contributed by atoms with van der Waals surface area (Å²) in [4.78, 5) is 0.